The van der Waals surface area contributed by atoms with Crippen LogP contribution in [-0.2, 0) is 11.2 Å². The van der Waals surface area contributed by atoms with E-state index in [9.17, 15) is 4.79 Å². The summed E-state index contributed by atoms with van der Waals surface area (Å²) < 4.78 is 5.34. The average Bonchev–Trinajstić information content (AvgIpc) is 3.28. The number of nitrogens with zero attached hydrogens (tertiary/aromatic N) is 4. The van der Waals surface area contributed by atoms with Crippen LogP contribution in [0.15, 0.2) is 65.2 Å². The maximum Gasteiger partial charge on any atom is 0.227 e. The molecule has 6 nitrogen and oxygen atoms in total. The molecule has 1 amide bonds. The van der Waals surface area contributed by atoms with Crippen LogP contribution in [0.25, 0.3) is 17.5 Å². The minimum absolute atomic E-state index is 0.148. The molecule has 0 saturated carbocycles. The molecule has 1 fully saturated rings. The van der Waals surface area contributed by atoms with Crippen LogP contribution in [-0.4, -0.2) is 58.6 Å². The van der Waals surface area contributed by atoms with Crippen LogP contribution in [0.2, 0.25) is 0 Å². The molecule has 160 valence electrons. The van der Waals surface area contributed by atoms with Gasteiger partial charge in [0.25, 0.3) is 0 Å². The molecule has 2 heterocycles. The molecule has 0 bridgehead atoms. The van der Waals surface area contributed by atoms with Crippen molar-refractivity contribution in [3.05, 3.63) is 77.7 Å². The van der Waals surface area contributed by atoms with Gasteiger partial charge in [0.05, 0.1) is 0 Å². The summed E-state index contributed by atoms with van der Waals surface area (Å²) in [6.07, 6.45) is 5.20. The standard InChI is InChI=1S/C25H28N4O2/c1-20-9-11-22(12-10-20)25-26-23(31-27-25)13-14-24(30)29-18-16-28(17-19-29)15-5-8-21-6-3-2-4-7-21/h2-12H,13-19H2,1H3. The predicted molar refractivity (Wildman–Crippen MR) is 121 cm³/mol. The number of carbonyl (C=O) groups is 1. The van der Waals surface area contributed by atoms with Crippen LogP contribution in [0, 0.1) is 6.92 Å². The Morgan fingerprint density at radius 1 is 1.03 bits per heavy atom. The van der Waals surface area contributed by atoms with E-state index >= 15 is 0 Å². The van der Waals surface area contributed by atoms with Crippen LogP contribution in [0.5, 0.6) is 0 Å². The van der Waals surface area contributed by atoms with Gasteiger partial charge in [-0.15, -0.1) is 0 Å². The quantitative estimate of drug-likeness (QED) is 0.586. The molecule has 0 N–H and O–H groups in total. The van der Waals surface area contributed by atoms with Gasteiger partial charge in [-0.3, -0.25) is 9.69 Å². The van der Waals surface area contributed by atoms with Crippen LogP contribution >= 0.6 is 0 Å². The van der Waals surface area contributed by atoms with E-state index in [1.165, 1.54) is 11.1 Å². The molecule has 2 aromatic carbocycles. The third-order valence-electron chi connectivity index (χ3n) is 5.53. The molecule has 4 rings (SSSR count). The second kappa shape index (κ2) is 10.2. The van der Waals surface area contributed by atoms with Gasteiger partial charge in [-0.2, -0.15) is 4.98 Å². The first-order chi connectivity index (χ1) is 15.2. The van der Waals surface area contributed by atoms with Crippen LogP contribution in [0.1, 0.15) is 23.4 Å². The fourth-order valence-electron chi connectivity index (χ4n) is 3.63. The number of rotatable bonds is 7. The molecule has 31 heavy (non-hydrogen) atoms. The zero-order chi connectivity index (χ0) is 21.5. The van der Waals surface area contributed by atoms with Gasteiger partial charge in [-0.05, 0) is 12.5 Å². The fourth-order valence-corrected chi connectivity index (χ4v) is 3.63. The molecule has 1 saturated heterocycles. The molecule has 0 unspecified atom stereocenters. The molecular formula is C25H28N4O2. The third kappa shape index (κ3) is 5.89. The topological polar surface area (TPSA) is 62.5 Å². The van der Waals surface area contributed by atoms with Gasteiger partial charge in [0.1, 0.15) is 0 Å². The van der Waals surface area contributed by atoms with E-state index in [0.29, 0.717) is 24.6 Å². The summed E-state index contributed by atoms with van der Waals surface area (Å²) in [6, 6.07) is 18.3. The van der Waals surface area contributed by atoms with Crippen molar-refractivity contribution in [3.63, 3.8) is 0 Å². The van der Waals surface area contributed by atoms with E-state index in [-0.39, 0.29) is 5.91 Å². The Bertz CT molecular complexity index is 1000. The van der Waals surface area contributed by atoms with Gasteiger partial charge in [-0.1, -0.05) is 77.5 Å². The SMILES string of the molecule is Cc1ccc(-c2noc(CCC(=O)N3CCN(CC=Cc4ccccc4)CC3)n2)cc1. The molecule has 0 aliphatic carbocycles. The van der Waals surface area contributed by atoms with E-state index in [0.717, 1.165) is 38.3 Å². The van der Waals surface area contributed by atoms with Crippen molar-refractivity contribution in [2.24, 2.45) is 0 Å². The normalized spacial score (nSPS) is 14.9. The summed E-state index contributed by atoms with van der Waals surface area (Å²) >= 11 is 0. The summed E-state index contributed by atoms with van der Waals surface area (Å²) in [6.45, 7) is 6.25. The summed E-state index contributed by atoms with van der Waals surface area (Å²) in [5, 5.41) is 4.04. The van der Waals surface area contributed by atoms with Crippen molar-refractivity contribution >= 4 is 12.0 Å². The van der Waals surface area contributed by atoms with E-state index in [1.54, 1.807) is 0 Å². The van der Waals surface area contributed by atoms with E-state index in [2.05, 4.69) is 39.3 Å². The predicted octanol–water partition coefficient (Wildman–Crippen LogP) is 3.84. The number of aryl methyl sites for hydroxylation is 2. The zero-order valence-electron chi connectivity index (χ0n) is 17.9. The molecule has 1 aliphatic heterocycles. The molecule has 1 aliphatic rings. The highest BCUT2D eigenvalue weighted by molar-refractivity contribution is 5.76. The minimum atomic E-state index is 0.148. The monoisotopic (exact) mass is 416 g/mol. The molecule has 3 aromatic rings. The molecule has 6 heteroatoms. The minimum Gasteiger partial charge on any atom is -0.340 e. The lowest BCUT2D eigenvalue weighted by Crippen LogP contribution is -2.48. The second-order valence-electron chi connectivity index (χ2n) is 7.87. The summed E-state index contributed by atoms with van der Waals surface area (Å²) in [5.74, 6) is 1.22. The highest BCUT2D eigenvalue weighted by Crippen LogP contribution is 2.17. The van der Waals surface area contributed by atoms with Crippen molar-refractivity contribution < 1.29 is 9.32 Å². The molecule has 0 radical (unpaired) electrons. The highest BCUT2D eigenvalue weighted by atomic mass is 16.5. The van der Waals surface area contributed by atoms with Gasteiger partial charge in [0.15, 0.2) is 0 Å². The molecular weight excluding hydrogens is 388 g/mol. The Hall–Kier alpha value is -3.25. The van der Waals surface area contributed by atoms with Crippen molar-refractivity contribution in [1.29, 1.82) is 0 Å². The second-order valence-corrected chi connectivity index (χ2v) is 7.87. The van der Waals surface area contributed by atoms with E-state index in [1.807, 2.05) is 54.3 Å². The molecule has 0 atom stereocenters. The average molecular weight is 417 g/mol. The van der Waals surface area contributed by atoms with Gasteiger partial charge < -0.3 is 9.42 Å². The Morgan fingerprint density at radius 2 is 1.77 bits per heavy atom. The van der Waals surface area contributed by atoms with Crippen molar-refractivity contribution in [2.75, 3.05) is 32.7 Å². The lowest BCUT2D eigenvalue weighted by atomic mass is 10.1. The largest absolute Gasteiger partial charge is 0.340 e. The number of aromatic nitrogens is 2. The third-order valence-corrected chi connectivity index (χ3v) is 5.53. The number of benzene rings is 2. The summed E-state index contributed by atoms with van der Waals surface area (Å²) in [7, 11) is 0. The number of piperazine rings is 1. The smallest absolute Gasteiger partial charge is 0.227 e. The van der Waals surface area contributed by atoms with Crippen molar-refractivity contribution in [3.8, 4) is 11.4 Å². The number of amides is 1. The number of carbonyl (C=O) groups excluding carboxylic acids is 1. The zero-order valence-corrected chi connectivity index (χ0v) is 17.9. The van der Waals surface area contributed by atoms with Crippen molar-refractivity contribution in [2.45, 2.75) is 19.8 Å². The fraction of sp³-hybridized carbons (Fsp3) is 0.320. The maximum absolute atomic E-state index is 12.6. The van der Waals surface area contributed by atoms with E-state index < -0.39 is 0 Å². The van der Waals surface area contributed by atoms with E-state index in [4.69, 9.17) is 4.52 Å². The highest BCUT2D eigenvalue weighted by Gasteiger charge is 2.21. The first kappa shape index (κ1) is 21.0. The maximum atomic E-state index is 12.6. The first-order valence-corrected chi connectivity index (χ1v) is 10.8. The van der Waals surface area contributed by atoms with Gasteiger partial charge >= 0.3 is 0 Å². The summed E-state index contributed by atoms with van der Waals surface area (Å²) in [4.78, 5) is 21.3. The van der Waals surface area contributed by atoms with Crippen LogP contribution in [0.3, 0.4) is 0 Å². The number of hydrogen-bond acceptors (Lipinski definition) is 5. The Labute approximate surface area is 183 Å². The van der Waals surface area contributed by atoms with Gasteiger partial charge in [0, 0.05) is 51.1 Å². The van der Waals surface area contributed by atoms with Crippen LogP contribution < -0.4 is 0 Å². The Balaban J connectivity index is 1.20. The Morgan fingerprint density at radius 3 is 2.52 bits per heavy atom. The Kier molecular flexibility index (Phi) is 6.89. The molecule has 0 spiro atoms. The van der Waals surface area contributed by atoms with Crippen LogP contribution in [0.4, 0.5) is 0 Å². The number of hydrogen-bond donors (Lipinski definition) is 0. The summed E-state index contributed by atoms with van der Waals surface area (Å²) in [5.41, 5.74) is 3.32. The first-order valence-electron chi connectivity index (χ1n) is 10.8. The van der Waals surface area contributed by atoms with Gasteiger partial charge in [0.2, 0.25) is 17.6 Å². The lowest BCUT2D eigenvalue weighted by molar-refractivity contribution is -0.132. The molecule has 1 aromatic heterocycles. The van der Waals surface area contributed by atoms with Crippen molar-refractivity contribution in [1.82, 2.24) is 19.9 Å². The van der Waals surface area contributed by atoms with Gasteiger partial charge in [-0.25, -0.2) is 0 Å². The lowest BCUT2D eigenvalue weighted by Gasteiger charge is -2.34.